The molecule has 1 aromatic carbocycles. The van der Waals surface area contributed by atoms with E-state index >= 15 is 0 Å². The summed E-state index contributed by atoms with van der Waals surface area (Å²) in [7, 11) is 1.87. The Morgan fingerprint density at radius 3 is 2.53 bits per heavy atom. The summed E-state index contributed by atoms with van der Waals surface area (Å²) in [6.07, 6.45) is 10.1. The molecule has 222 valence electrons. The largest absolute Gasteiger partial charge is 0.394 e. The van der Waals surface area contributed by atoms with Crippen LogP contribution in [0.4, 0.5) is 22.4 Å². The molecule has 1 aliphatic rings. The molecule has 4 N–H and O–H groups in total. The maximum absolute atomic E-state index is 13.6. The van der Waals surface area contributed by atoms with E-state index in [2.05, 4.69) is 37.1 Å². The smallest absolute Gasteiger partial charge is 0.323 e. The number of nitriles is 1. The molecule has 5 rings (SSSR count). The number of anilines is 3. The first kappa shape index (κ1) is 29.5. The number of rotatable bonds is 10. The highest BCUT2D eigenvalue weighted by Crippen LogP contribution is 2.30. The molecule has 2 amide bonds. The average molecular weight is 581 g/mol. The second-order valence-corrected chi connectivity index (χ2v) is 10.8. The third-order valence-corrected chi connectivity index (χ3v) is 7.50. The molecule has 3 heterocycles. The third-order valence-electron chi connectivity index (χ3n) is 7.50. The van der Waals surface area contributed by atoms with E-state index in [4.69, 9.17) is 4.98 Å². The highest BCUT2D eigenvalue weighted by Gasteiger charge is 2.31. The molecule has 1 fully saturated rings. The number of carbonyl (C=O) groups excluding carboxylic acids is 1. The molecular weight excluding hydrogens is 544 g/mol. The summed E-state index contributed by atoms with van der Waals surface area (Å²) in [5, 5.41) is 32.6. The number of carbonyl (C=O) groups is 1. The van der Waals surface area contributed by atoms with Gasteiger partial charge in [0.2, 0.25) is 5.95 Å². The fraction of sp³-hybridized carbons (Fsp3) is 0.355. The van der Waals surface area contributed by atoms with Gasteiger partial charge in [0.15, 0.2) is 0 Å². The summed E-state index contributed by atoms with van der Waals surface area (Å²) in [4.78, 5) is 28.9. The quantitative estimate of drug-likeness (QED) is 0.217. The number of aliphatic hydroxyl groups excluding tert-OH is 1. The van der Waals surface area contributed by atoms with E-state index in [9.17, 15) is 15.2 Å². The summed E-state index contributed by atoms with van der Waals surface area (Å²) in [6.45, 7) is 2.14. The van der Waals surface area contributed by atoms with Crippen LogP contribution in [0.3, 0.4) is 0 Å². The van der Waals surface area contributed by atoms with Crippen LogP contribution in [0.5, 0.6) is 0 Å². The lowest BCUT2D eigenvalue weighted by Crippen LogP contribution is -2.49. The van der Waals surface area contributed by atoms with Gasteiger partial charge in [-0.1, -0.05) is 30.3 Å². The molecule has 1 unspecified atom stereocenters. The number of urea groups is 1. The van der Waals surface area contributed by atoms with Crippen LogP contribution >= 0.6 is 0 Å². The van der Waals surface area contributed by atoms with Crippen LogP contribution in [-0.2, 0) is 13.6 Å². The lowest BCUT2D eigenvalue weighted by atomic mass is 9.90. The van der Waals surface area contributed by atoms with E-state index in [1.54, 1.807) is 28.9 Å². The van der Waals surface area contributed by atoms with E-state index in [1.165, 1.54) is 6.20 Å². The minimum atomic E-state index is -0.253. The van der Waals surface area contributed by atoms with Gasteiger partial charge in [-0.2, -0.15) is 15.3 Å². The van der Waals surface area contributed by atoms with E-state index in [0.29, 0.717) is 29.7 Å². The number of hydrogen-bond donors (Lipinski definition) is 4. The first-order valence-electron chi connectivity index (χ1n) is 14.4. The monoisotopic (exact) mass is 580 g/mol. The summed E-state index contributed by atoms with van der Waals surface area (Å²) >= 11 is 0. The van der Waals surface area contributed by atoms with Crippen molar-refractivity contribution >= 4 is 23.6 Å². The van der Waals surface area contributed by atoms with E-state index in [0.717, 1.165) is 42.4 Å². The first-order valence-corrected chi connectivity index (χ1v) is 14.4. The van der Waals surface area contributed by atoms with Gasteiger partial charge in [0.1, 0.15) is 23.3 Å². The highest BCUT2D eigenvalue weighted by atomic mass is 16.3. The zero-order chi connectivity index (χ0) is 30.2. The number of nitrogens with one attached hydrogen (secondary N) is 3. The minimum absolute atomic E-state index is 0.0462. The number of amides is 2. The Bertz CT molecular complexity index is 1540. The summed E-state index contributed by atoms with van der Waals surface area (Å²) in [6, 6.07) is 15.4. The molecular formula is C31H36N10O2. The van der Waals surface area contributed by atoms with Crippen molar-refractivity contribution in [2.75, 3.05) is 22.1 Å². The molecule has 0 bridgehead atoms. The van der Waals surface area contributed by atoms with E-state index < -0.39 is 0 Å². The number of nitrogens with zero attached hydrogens (tertiary/aromatic N) is 7. The number of benzene rings is 1. The molecule has 12 heteroatoms. The molecule has 0 saturated heterocycles. The van der Waals surface area contributed by atoms with Gasteiger partial charge >= 0.3 is 6.03 Å². The molecule has 43 heavy (non-hydrogen) atoms. The molecule has 4 aromatic rings. The number of aromatic nitrogens is 5. The molecule has 0 spiro atoms. The third kappa shape index (κ3) is 7.44. The van der Waals surface area contributed by atoms with Gasteiger partial charge in [-0.15, -0.1) is 0 Å². The Hall–Kier alpha value is -5.02. The SMILES string of the molecule is CC(CO)Nc1nc(N[C@H]2CC[C@H](N(C(=O)NCc3ccccc3)c3ccc(-c4cnn(C)c4)cn3)CC2)ncc1C#N. The van der Waals surface area contributed by atoms with Crippen LogP contribution in [0.25, 0.3) is 11.1 Å². The normalized spacial score (nSPS) is 17.0. The Kier molecular flexibility index (Phi) is 9.43. The van der Waals surface area contributed by atoms with Crippen molar-refractivity contribution in [3.8, 4) is 17.2 Å². The molecule has 1 saturated carbocycles. The van der Waals surface area contributed by atoms with E-state index in [-0.39, 0.29) is 30.8 Å². The zero-order valence-electron chi connectivity index (χ0n) is 24.3. The van der Waals surface area contributed by atoms with Gasteiger partial charge in [-0.3, -0.25) is 9.58 Å². The summed E-state index contributed by atoms with van der Waals surface area (Å²) in [5.41, 5.74) is 3.23. The van der Waals surface area contributed by atoms with Crippen molar-refractivity contribution in [3.63, 3.8) is 0 Å². The summed E-state index contributed by atoms with van der Waals surface area (Å²) < 4.78 is 1.74. The van der Waals surface area contributed by atoms with Crippen LogP contribution in [-0.4, -0.2) is 60.6 Å². The van der Waals surface area contributed by atoms with Gasteiger partial charge in [0, 0.05) is 55.2 Å². The maximum Gasteiger partial charge on any atom is 0.323 e. The van der Waals surface area contributed by atoms with Crippen molar-refractivity contribution in [2.24, 2.45) is 7.05 Å². The van der Waals surface area contributed by atoms with Gasteiger partial charge in [-0.05, 0) is 50.3 Å². The van der Waals surface area contributed by atoms with Gasteiger partial charge in [0.25, 0.3) is 0 Å². The first-order chi connectivity index (χ1) is 20.9. The molecule has 1 aliphatic carbocycles. The second-order valence-electron chi connectivity index (χ2n) is 10.8. The molecule has 1 atom stereocenters. The second kappa shape index (κ2) is 13.8. The van der Waals surface area contributed by atoms with Crippen LogP contribution < -0.4 is 20.9 Å². The van der Waals surface area contributed by atoms with Crippen molar-refractivity contribution in [1.29, 1.82) is 5.26 Å². The van der Waals surface area contributed by atoms with Gasteiger partial charge < -0.3 is 21.1 Å². The predicted octanol–water partition coefficient (Wildman–Crippen LogP) is 4.08. The molecule has 0 radical (unpaired) electrons. The Morgan fingerprint density at radius 2 is 1.88 bits per heavy atom. The lowest BCUT2D eigenvalue weighted by molar-refractivity contribution is 0.240. The topological polar surface area (TPSA) is 157 Å². The van der Waals surface area contributed by atoms with E-state index in [1.807, 2.05) is 55.7 Å². The molecule has 3 aromatic heterocycles. The fourth-order valence-corrected chi connectivity index (χ4v) is 5.17. The predicted molar refractivity (Wildman–Crippen MR) is 164 cm³/mol. The maximum atomic E-state index is 13.6. The van der Waals surface area contributed by atoms with Crippen LogP contribution in [0.1, 0.15) is 43.7 Å². The Morgan fingerprint density at radius 1 is 1.09 bits per heavy atom. The van der Waals surface area contributed by atoms with Gasteiger partial charge in [0.05, 0.1) is 19.0 Å². The minimum Gasteiger partial charge on any atom is -0.394 e. The number of hydrogen-bond acceptors (Lipinski definition) is 9. The Balaban J connectivity index is 1.28. The Labute approximate surface area is 250 Å². The van der Waals surface area contributed by atoms with Crippen molar-refractivity contribution in [1.82, 2.24) is 30.0 Å². The lowest BCUT2D eigenvalue weighted by Gasteiger charge is -2.36. The van der Waals surface area contributed by atoms with Crippen molar-refractivity contribution in [3.05, 3.63) is 78.4 Å². The highest BCUT2D eigenvalue weighted by molar-refractivity contribution is 5.91. The number of pyridine rings is 1. The molecule has 12 nitrogen and oxygen atoms in total. The summed E-state index contributed by atoms with van der Waals surface area (Å²) in [5.74, 6) is 1.40. The standard InChI is InChI=1S/C31H36N10O2/c1-21(20-42)37-29-24(14-32)17-34-30(39-29)38-26-9-11-27(12-10-26)41(31(43)35-15-22-6-4-3-5-7-22)28-13-8-23(16-33-28)25-18-36-40(2)19-25/h3-8,13,16-19,21,26-27,42H,9-12,15,20H2,1-2H3,(H,35,43)(H2,34,37,38,39)/t21?,26-,27-. The van der Waals surface area contributed by atoms with Crippen molar-refractivity contribution in [2.45, 2.75) is 57.3 Å². The van der Waals surface area contributed by atoms with Crippen LogP contribution in [0, 0.1) is 11.3 Å². The number of aliphatic hydroxyl groups is 1. The molecule has 0 aliphatic heterocycles. The van der Waals surface area contributed by atoms with Crippen LogP contribution in [0.2, 0.25) is 0 Å². The van der Waals surface area contributed by atoms with Gasteiger partial charge in [-0.25, -0.2) is 14.8 Å². The average Bonchev–Trinajstić information content (AvgIpc) is 3.48. The van der Waals surface area contributed by atoms with Crippen molar-refractivity contribution < 1.29 is 9.90 Å². The number of aryl methyl sites for hydroxylation is 1. The zero-order valence-corrected chi connectivity index (χ0v) is 24.3. The van der Waals surface area contributed by atoms with Crippen LogP contribution in [0.15, 0.2) is 67.3 Å². The fourth-order valence-electron chi connectivity index (χ4n) is 5.17.